The van der Waals surface area contributed by atoms with Gasteiger partial charge in [0.2, 0.25) is 0 Å². The molecule has 0 unspecified atom stereocenters. The minimum Gasteiger partial charge on any atom is -0.334 e. The number of urea groups is 1. The van der Waals surface area contributed by atoms with Crippen molar-refractivity contribution in [3.63, 3.8) is 0 Å². The third-order valence-corrected chi connectivity index (χ3v) is 5.25. The van der Waals surface area contributed by atoms with Crippen LogP contribution in [0.3, 0.4) is 0 Å². The summed E-state index contributed by atoms with van der Waals surface area (Å²) in [6.07, 6.45) is 4.75. The molecule has 1 saturated heterocycles. The van der Waals surface area contributed by atoms with Crippen LogP contribution >= 0.6 is 0 Å². The number of likely N-dealkylation sites (tertiary alicyclic amines) is 1. The molecule has 2 amide bonds. The van der Waals surface area contributed by atoms with Crippen molar-refractivity contribution in [2.24, 2.45) is 16.6 Å². The van der Waals surface area contributed by atoms with Crippen molar-refractivity contribution >= 4 is 6.03 Å². The lowest BCUT2D eigenvalue weighted by atomic mass is 9.48. The van der Waals surface area contributed by atoms with E-state index in [1.54, 1.807) is 0 Å². The molecule has 3 N–H and O–H groups in total. The number of amides is 2. The molecule has 4 heteroatoms. The van der Waals surface area contributed by atoms with Crippen LogP contribution in [0.15, 0.2) is 0 Å². The van der Waals surface area contributed by atoms with Gasteiger partial charge in [-0.3, -0.25) is 0 Å². The number of nitrogens with two attached hydrogens (primary N) is 1. The van der Waals surface area contributed by atoms with Crippen molar-refractivity contribution in [1.82, 2.24) is 10.2 Å². The van der Waals surface area contributed by atoms with E-state index in [4.69, 9.17) is 5.73 Å². The molecule has 0 aromatic heterocycles. The molecule has 2 fully saturated rings. The smallest absolute Gasteiger partial charge is 0.317 e. The van der Waals surface area contributed by atoms with Crippen molar-refractivity contribution in [2.75, 3.05) is 13.1 Å². The Balaban J connectivity index is 1.98. The highest BCUT2D eigenvalue weighted by atomic mass is 16.2. The van der Waals surface area contributed by atoms with Gasteiger partial charge in [-0.25, -0.2) is 4.79 Å². The fourth-order valence-electron chi connectivity index (χ4n) is 4.04. The molecular formula is C15H29N3O. The molecule has 4 nitrogen and oxygen atoms in total. The van der Waals surface area contributed by atoms with Crippen LogP contribution in [0.1, 0.15) is 53.4 Å². The third kappa shape index (κ3) is 2.47. The summed E-state index contributed by atoms with van der Waals surface area (Å²) < 4.78 is 0. The van der Waals surface area contributed by atoms with Crippen LogP contribution in [-0.2, 0) is 0 Å². The fourth-order valence-corrected chi connectivity index (χ4v) is 4.04. The molecule has 19 heavy (non-hydrogen) atoms. The van der Waals surface area contributed by atoms with Crippen molar-refractivity contribution in [2.45, 2.75) is 65.5 Å². The Bertz CT molecular complexity index is 327. The van der Waals surface area contributed by atoms with Crippen LogP contribution in [0.25, 0.3) is 0 Å². The first-order valence-electron chi connectivity index (χ1n) is 7.59. The van der Waals surface area contributed by atoms with Gasteiger partial charge in [0.15, 0.2) is 0 Å². The van der Waals surface area contributed by atoms with Gasteiger partial charge in [0.05, 0.1) is 0 Å². The number of nitrogens with one attached hydrogen (secondary N) is 1. The number of hydrogen-bond acceptors (Lipinski definition) is 2. The van der Waals surface area contributed by atoms with E-state index in [-0.39, 0.29) is 28.9 Å². The molecular weight excluding hydrogens is 238 g/mol. The Morgan fingerprint density at radius 1 is 1.05 bits per heavy atom. The van der Waals surface area contributed by atoms with Gasteiger partial charge in [0, 0.05) is 36.0 Å². The Morgan fingerprint density at radius 2 is 1.53 bits per heavy atom. The highest BCUT2D eigenvalue weighted by molar-refractivity contribution is 5.75. The molecule has 0 aromatic rings. The van der Waals surface area contributed by atoms with Crippen LogP contribution in [0.2, 0.25) is 0 Å². The second-order valence-electron chi connectivity index (χ2n) is 7.40. The van der Waals surface area contributed by atoms with Crippen molar-refractivity contribution in [3.8, 4) is 0 Å². The average Bonchev–Trinajstić information content (AvgIpc) is 2.63. The predicted octanol–water partition coefficient (Wildman–Crippen LogP) is 2.33. The van der Waals surface area contributed by atoms with E-state index in [1.807, 2.05) is 4.90 Å². The van der Waals surface area contributed by atoms with E-state index in [0.29, 0.717) is 0 Å². The Hall–Kier alpha value is -0.770. The number of rotatable bonds is 1. The van der Waals surface area contributed by atoms with Crippen molar-refractivity contribution in [3.05, 3.63) is 0 Å². The first-order chi connectivity index (χ1) is 8.78. The number of carbonyl (C=O) groups excluding carboxylic acids is 1. The van der Waals surface area contributed by atoms with Gasteiger partial charge in [-0.2, -0.15) is 0 Å². The Kier molecular flexibility index (Phi) is 3.83. The molecule has 0 aromatic carbocycles. The second kappa shape index (κ2) is 4.97. The van der Waals surface area contributed by atoms with Crippen molar-refractivity contribution in [1.29, 1.82) is 0 Å². The molecule has 1 heterocycles. The number of hydrogen-bond donors (Lipinski definition) is 2. The zero-order chi connectivity index (χ0) is 14.3. The maximum absolute atomic E-state index is 12.4. The maximum Gasteiger partial charge on any atom is 0.317 e. The van der Waals surface area contributed by atoms with E-state index < -0.39 is 0 Å². The average molecular weight is 267 g/mol. The summed E-state index contributed by atoms with van der Waals surface area (Å²) in [6, 6.07) is 0.389. The summed E-state index contributed by atoms with van der Waals surface area (Å²) >= 11 is 0. The standard InChI is InChI=1S/C15H29N3O/c1-14(2)11(16)15(3,4)12(14)17-13(19)18-9-7-5-6-8-10-18/h11-12H,5-10,16H2,1-4H3,(H,17,19). The van der Waals surface area contributed by atoms with Gasteiger partial charge in [0.25, 0.3) is 0 Å². The van der Waals surface area contributed by atoms with Gasteiger partial charge >= 0.3 is 6.03 Å². The monoisotopic (exact) mass is 267 g/mol. The minimum atomic E-state index is -0.0228. The van der Waals surface area contributed by atoms with E-state index in [0.717, 1.165) is 25.9 Å². The Labute approximate surface area is 117 Å². The molecule has 2 aliphatic rings. The van der Waals surface area contributed by atoms with E-state index in [2.05, 4.69) is 33.0 Å². The van der Waals surface area contributed by atoms with Crippen LogP contribution in [0, 0.1) is 10.8 Å². The van der Waals surface area contributed by atoms with Gasteiger partial charge in [-0.1, -0.05) is 40.5 Å². The summed E-state index contributed by atoms with van der Waals surface area (Å²) in [4.78, 5) is 14.4. The normalized spacial score (nSPS) is 33.2. The molecule has 0 atom stereocenters. The van der Waals surface area contributed by atoms with Gasteiger partial charge in [0.1, 0.15) is 0 Å². The maximum atomic E-state index is 12.4. The predicted molar refractivity (Wildman–Crippen MR) is 77.9 cm³/mol. The lowest BCUT2D eigenvalue weighted by Gasteiger charge is -2.63. The first kappa shape index (κ1) is 14.6. The highest BCUT2D eigenvalue weighted by Gasteiger charge is 2.60. The Morgan fingerprint density at radius 3 is 2.00 bits per heavy atom. The van der Waals surface area contributed by atoms with Crippen LogP contribution in [-0.4, -0.2) is 36.1 Å². The molecule has 110 valence electrons. The lowest BCUT2D eigenvalue weighted by molar-refractivity contribution is -0.0662. The topological polar surface area (TPSA) is 58.4 Å². The van der Waals surface area contributed by atoms with E-state index in [1.165, 1.54) is 12.8 Å². The summed E-state index contributed by atoms with van der Waals surface area (Å²) in [5, 5.41) is 3.23. The quantitative estimate of drug-likeness (QED) is 0.766. The molecule has 1 saturated carbocycles. The fraction of sp³-hybridized carbons (Fsp3) is 0.933. The number of carbonyl (C=O) groups is 1. The molecule has 0 radical (unpaired) electrons. The zero-order valence-corrected chi connectivity index (χ0v) is 12.8. The summed E-state index contributed by atoms with van der Waals surface area (Å²) in [5.41, 5.74) is 6.19. The summed E-state index contributed by atoms with van der Waals surface area (Å²) in [6.45, 7) is 10.4. The molecule has 2 rings (SSSR count). The van der Waals surface area contributed by atoms with E-state index >= 15 is 0 Å². The second-order valence-corrected chi connectivity index (χ2v) is 7.40. The van der Waals surface area contributed by atoms with E-state index in [9.17, 15) is 4.79 Å². The van der Waals surface area contributed by atoms with Gasteiger partial charge < -0.3 is 16.0 Å². The first-order valence-corrected chi connectivity index (χ1v) is 7.59. The van der Waals surface area contributed by atoms with Gasteiger partial charge in [-0.05, 0) is 12.8 Å². The molecule has 0 bridgehead atoms. The lowest BCUT2D eigenvalue weighted by Crippen LogP contribution is -2.76. The zero-order valence-electron chi connectivity index (χ0n) is 12.8. The minimum absolute atomic E-state index is 0.0228. The third-order valence-electron chi connectivity index (χ3n) is 5.25. The van der Waals surface area contributed by atoms with Crippen LogP contribution in [0.5, 0.6) is 0 Å². The SMILES string of the molecule is CC1(C)C(N)C(C)(C)C1NC(=O)N1CCCCCC1. The largest absolute Gasteiger partial charge is 0.334 e. The summed E-state index contributed by atoms with van der Waals surface area (Å²) in [5.74, 6) is 0. The van der Waals surface area contributed by atoms with Crippen LogP contribution < -0.4 is 11.1 Å². The highest BCUT2D eigenvalue weighted by Crippen LogP contribution is 2.52. The summed E-state index contributed by atoms with van der Waals surface area (Å²) in [7, 11) is 0. The van der Waals surface area contributed by atoms with Crippen LogP contribution in [0.4, 0.5) is 4.79 Å². The molecule has 0 spiro atoms. The van der Waals surface area contributed by atoms with Crippen molar-refractivity contribution < 1.29 is 4.79 Å². The van der Waals surface area contributed by atoms with Gasteiger partial charge in [-0.15, -0.1) is 0 Å². The molecule has 1 aliphatic heterocycles. The molecule has 1 aliphatic carbocycles. The number of nitrogens with zero attached hydrogens (tertiary/aromatic N) is 1.